The van der Waals surface area contributed by atoms with E-state index in [1.807, 2.05) is 0 Å². The van der Waals surface area contributed by atoms with Gasteiger partial charge in [-0.2, -0.15) is 0 Å². The van der Waals surface area contributed by atoms with Crippen LogP contribution in [0, 0.1) is 0 Å². The molecular weight excluding hydrogens is 352 g/mol. The first-order valence-electron chi connectivity index (χ1n) is 8.26. The van der Waals surface area contributed by atoms with Gasteiger partial charge in [-0.3, -0.25) is 29.0 Å². The highest BCUT2D eigenvalue weighted by Crippen LogP contribution is 2.29. The van der Waals surface area contributed by atoms with Gasteiger partial charge in [0.25, 0.3) is 0 Å². The molecule has 11 nitrogen and oxygen atoms in total. The first kappa shape index (κ1) is 16.9. The molecule has 4 aliphatic heterocycles. The normalized spacial score (nSPS) is 34.0. The van der Waals surface area contributed by atoms with E-state index in [9.17, 15) is 24.0 Å². The first-order chi connectivity index (χ1) is 12.5. The van der Waals surface area contributed by atoms with Crippen molar-refractivity contribution in [2.75, 3.05) is 13.2 Å². The van der Waals surface area contributed by atoms with Gasteiger partial charge in [0.1, 0.15) is 0 Å². The molecule has 4 unspecified atom stereocenters. The van der Waals surface area contributed by atoms with Gasteiger partial charge >= 0.3 is 6.16 Å². The van der Waals surface area contributed by atoms with Crippen LogP contribution in [0.1, 0.15) is 25.7 Å². The second-order valence-electron chi connectivity index (χ2n) is 6.33. The van der Waals surface area contributed by atoms with Crippen LogP contribution in [0.3, 0.4) is 0 Å². The van der Waals surface area contributed by atoms with Gasteiger partial charge in [-0.15, -0.1) is 0 Å². The molecule has 0 aromatic rings. The predicted octanol–water partition coefficient (Wildman–Crippen LogP) is -1.11. The molecule has 0 aliphatic carbocycles. The van der Waals surface area contributed by atoms with Crippen molar-refractivity contribution in [3.8, 4) is 0 Å². The Kier molecular flexibility index (Phi) is 4.11. The van der Waals surface area contributed by atoms with Crippen LogP contribution in [0.15, 0.2) is 0 Å². The van der Waals surface area contributed by atoms with Crippen LogP contribution < -0.4 is 0 Å². The Morgan fingerprint density at radius 3 is 1.35 bits per heavy atom. The Labute approximate surface area is 147 Å². The van der Waals surface area contributed by atoms with Crippen molar-refractivity contribution >= 4 is 29.8 Å². The summed E-state index contributed by atoms with van der Waals surface area (Å²) in [4.78, 5) is 60.7. The number of amides is 4. The van der Waals surface area contributed by atoms with Crippen molar-refractivity contribution < 1.29 is 42.9 Å². The maximum absolute atomic E-state index is 12.0. The molecular formula is C15H16N2O9. The smallest absolute Gasteiger partial charge is 0.424 e. The minimum absolute atomic E-state index is 0.0323. The van der Waals surface area contributed by atoms with Crippen molar-refractivity contribution in [2.45, 2.75) is 50.3 Å². The largest absolute Gasteiger partial charge is 0.509 e. The summed E-state index contributed by atoms with van der Waals surface area (Å²) in [6.07, 6.45) is -4.14. The zero-order valence-corrected chi connectivity index (χ0v) is 13.6. The van der Waals surface area contributed by atoms with E-state index in [2.05, 4.69) is 0 Å². The molecule has 140 valence electrons. The third-order valence-electron chi connectivity index (χ3n) is 4.68. The molecule has 0 radical (unpaired) electrons. The summed E-state index contributed by atoms with van der Waals surface area (Å²) >= 11 is 0. The van der Waals surface area contributed by atoms with Crippen LogP contribution in [-0.2, 0) is 38.1 Å². The average Bonchev–Trinajstić information content (AvgIpc) is 3.06. The van der Waals surface area contributed by atoms with Crippen LogP contribution in [0.4, 0.5) is 4.79 Å². The molecule has 0 aromatic heterocycles. The number of hydrogen-bond acceptors (Lipinski definition) is 9. The van der Waals surface area contributed by atoms with Gasteiger partial charge in [-0.1, -0.05) is 0 Å². The summed E-state index contributed by atoms with van der Waals surface area (Å²) in [7, 11) is 0. The van der Waals surface area contributed by atoms with E-state index in [1.165, 1.54) is 0 Å². The molecule has 4 aliphatic rings. The van der Waals surface area contributed by atoms with Gasteiger partial charge < -0.3 is 18.9 Å². The summed E-state index contributed by atoms with van der Waals surface area (Å²) in [6.45, 7) is 0.0645. The molecule has 4 atom stereocenters. The summed E-state index contributed by atoms with van der Waals surface area (Å²) < 4.78 is 20.6. The highest BCUT2D eigenvalue weighted by atomic mass is 16.8. The predicted molar refractivity (Wildman–Crippen MR) is 76.8 cm³/mol. The van der Waals surface area contributed by atoms with Crippen LogP contribution in [0.2, 0.25) is 0 Å². The van der Waals surface area contributed by atoms with E-state index in [-0.39, 0.29) is 62.5 Å². The number of carbonyl (C=O) groups is 5. The monoisotopic (exact) mass is 368 g/mol. The number of ether oxygens (including phenoxy) is 4. The van der Waals surface area contributed by atoms with Crippen LogP contribution in [0.25, 0.3) is 0 Å². The minimum Gasteiger partial charge on any atom is -0.424 e. The lowest BCUT2D eigenvalue weighted by molar-refractivity contribution is -0.246. The molecule has 4 fully saturated rings. The Bertz CT molecular complexity index is 605. The Balaban J connectivity index is 1.30. The molecule has 26 heavy (non-hydrogen) atoms. The standard InChI is InChI=1S/C15H16N2O9/c18-9-1-2-10(19)16(9)13-7(5-23-13)25-15(22)26-8-6-24-14(8)17-11(20)3-4-12(17)21/h7-8,13-14H,1-6H2. The maximum atomic E-state index is 12.0. The fraction of sp³-hybridized carbons (Fsp3) is 0.667. The Morgan fingerprint density at radius 2 is 1.08 bits per heavy atom. The number of carbonyl (C=O) groups excluding carboxylic acids is 5. The molecule has 0 saturated carbocycles. The highest BCUT2D eigenvalue weighted by molar-refractivity contribution is 6.02. The number of imide groups is 2. The van der Waals surface area contributed by atoms with Gasteiger partial charge in [0.15, 0.2) is 24.7 Å². The van der Waals surface area contributed by atoms with E-state index >= 15 is 0 Å². The molecule has 4 heterocycles. The zero-order chi connectivity index (χ0) is 18.4. The van der Waals surface area contributed by atoms with Crippen molar-refractivity contribution in [3.05, 3.63) is 0 Å². The summed E-state index contributed by atoms with van der Waals surface area (Å²) in [6, 6.07) is 0. The molecule has 4 amide bonds. The van der Waals surface area contributed by atoms with Gasteiger partial charge in [-0.25, -0.2) is 4.79 Å². The van der Waals surface area contributed by atoms with Gasteiger partial charge in [0, 0.05) is 25.7 Å². The maximum Gasteiger partial charge on any atom is 0.509 e. The van der Waals surface area contributed by atoms with Crippen LogP contribution in [-0.4, -0.2) is 77.5 Å². The van der Waals surface area contributed by atoms with Crippen molar-refractivity contribution in [2.24, 2.45) is 0 Å². The molecule has 0 spiro atoms. The second kappa shape index (κ2) is 6.32. The fourth-order valence-corrected chi connectivity index (χ4v) is 3.22. The highest BCUT2D eigenvalue weighted by Gasteiger charge is 2.50. The topological polar surface area (TPSA) is 129 Å². The molecule has 4 saturated heterocycles. The Morgan fingerprint density at radius 1 is 0.731 bits per heavy atom. The number of likely N-dealkylation sites (tertiary alicyclic amines) is 2. The third kappa shape index (κ3) is 2.72. The van der Waals surface area contributed by atoms with E-state index in [1.54, 1.807) is 0 Å². The average molecular weight is 368 g/mol. The lowest BCUT2D eigenvalue weighted by atomic mass is 10.2. The summed E-state index contributed by atoms with van der Waals surface area (Å²) in [5.74, 6) is -1.50. The van der Waals surface area contributed by atoms with Crippen molar-refractivity contribution in [3.63, 3.8) is 0 Å². The van der Waals surface area contributed by atoms with E-state index in [0.717, 1.165) is 9.80 Å². The summed E-state index contributed by atoms with van der Waals surface area (Å²) in [5.41, 5.74) is 0. The van der Waals surface area contributed by atoms with Crippen LogP contribution >= 0.6 is 0 Å². The quantitative estimate of drug-likeness (QED) is 0.448. The molecule has 11 heteroatoms. The number of nitrogens with zero attached hydrogens (tertiary/aromatic N) is 2. The van der Waals surface area contributed by atoms with Gasteiger partial charge in [-0.05, 0) is 0 Å². The third-order valence-corrected chi connectivity index (χ3v) is 4.68. The van der Waals surface area contributed by atoms with Crippen LogP contribution in [0.5, 0.6) is 0 Å². The molecule has 0 bridgehead atoms. The second-order valence-corrected chi connectivity index (χ2v) is 6.33. The van der Waals surface area contributed by atoms with E-state index < -0.39 is 30.8 Å². The molecule has 4 rings (SSSR count). The summed E-state index contributed by atoms with van der Waals surface area (Å²) in [5, 5.41) is 0. The zero-order valence-electron chi connectivity index (χ0n) is 13.6. The van der Waals surface area contributed by atoms with Gasteiger partial charge in [0.05, 0.1) is 13.2 Å². The SMILES string of the molecule is O=C(OC1COC1N1C(=O)CCC1=O)OC1COC1N1C(=O)CCC1=O. The lowest BCUT2D eigenvalue weighted by Crippen LogP contribution is -2.61. The number of rotatable bonds is 4. The molecule has 0 N–H and O–H groups in total. The van der Waals surface area contributed by atoms with E-state index in [4.69, 9.17) is 18.9 Å². The minimum atomic E-state index is -1.04. The van der Waals surface area contributed by atoms with E-state index in [0.29, 0.717) is 0 Å². The lowest BCUT2D eigenvalue weighted by Gasteiger charge is -2.42. The van der Waals surface area contributed by atoms with Gasteiger partial charge in [0.2, 0.25) is 23.6 Å². The first-order valence-corrected chi connectivity index (χ1v) is 8.26. The fourth-order valence-electron chi connectivity index (χ4n) is 3.22. The van der Waals surface area contributed by atoms with Crippen molar-refractivity contribution in [1.82, 2.24) is 9.80 Å². The molecule has 0 aromatic carbocycles. The number of hydrogen-bond donors (Lipinski definition) is 0. The van der Waals surface area contributed by atoms with Crippen molar-refractivity contribution in [1.29, 1.82) is 0 Å². The Hall–Kier alpha value is -2.53.